The first-order valence-corrected chi connectivity index (χ1v) is 7.75. The molecule has 0 amide bonds. The van der Waals surface area contributed by atoms with Gasteiger partial charge in [-0.15, -0.1) is 0 Å². The molecular formula is C17H20N4O. The van der Waals surface area contributed by atoms with E-state index in [9.17, 15) is 0 Å². The largest absolute Gasteiger partial charge is 0.468 e. The number of nitriles is 1. The zero-order valence-corrected chi connectivity index (χ0v) is 12.5. The van der Waals surface area contributed by atoms with Crippen LogP contribution in [0.1, 0.15) is 36.6 Å². The van der Waals surface area contributed by atoms with E-state index >= 15 is 0 Å². The second kappa shape index (κ2) is 7.10. The van der Waals surface area contributed by atoms with E-state index in [2.05, 4.69) is 21.3 Å². The molecule has 1 aliphatic heterocycles. The van der Waals surface area contributed by atoms with Crippen molar-refractivity contribution in [2.24, 2.45) is 0 Å². The van der Waals surface area contributed by atoms with E-state index in [-0.39, 0.29) is 6.04 Å². The molecule has 0 aromatic carbocycles. The molecule has 0 spiro atoms. The zero-order chi connectivity index (χ0) is 15.2. The maximum Gasteiger partial charge on any atom is 0.143 e. The average molecular weight is 296 g/mol. The van der Waals surface area contributed by atoms with Gasteiger partial charge in [0, 0.05) is 12.7 Å². The number of pyridine rings is 1. The lowest BCUT2D eigenvalue weighted by Gasteiger charge is -2.33. The summed E-state index contributed by atoms with van der Waals surface area (Å²) in [7, 11) is 0. The molecule has 1 saturated heterocycles. The van der Waals surface area contributed by atoms with Crippen LogP contribution in [0.4, 0.5) is 5.82 Å². The Morgan fingerprint density at radius 3 is 2.86 bits per heavy atom. The predicted octanol–water partition coefficient (Wildman–Crippen LogP) is 3.19. The molecule has 0 unspecified atom stereocenters. The van der Waals surface area contributed by atoms with Gasteiger partial charge in [0.15, 0.2) is 0 Å². The van der Waals surface area contributed by atoms with Crippen molar-refractivity contribution in [2.45, 2.75) is 25.3 Å². The van der Waals surface area contributed by atoms with Crippen molar-refractivity contribution in [3.63, 3.8) is 0 Å². The molecule has 2 aromatic heterocycles. The van der Waals surface area contributed by atoms with Crippen molar-refractivity contribution in [1.82, 2.24) is 9.88 Å². The maximum absolute atomic E-state index is 9.16. The molecule has 3 heterocycles. The van der Waals surface area contributed by atoms with Gasteiger partial charge in [0.1, 0.15) is 17.6 Å². The van der Waals surface area contributed by atoms with Gasteiger partial charge in [0.25, 0.3) is 0 Å². The third-order valence-corrected chi connectivity index (χ3v) is 4.09. The first kappa shape index (κ1) is 14.6. The molecule has 2 aromatic rings. The molecule has 0 saturated carbocycles. The van der Waals surface area contributed by atoms with Crippen LogP contribution in [0.25, 0.3) is 0 Å². The van der Waals surface area contributed by atoms with E-state index in [0.29, 0.717) is 17.9 Å². The van der Waals surface area contributed by atoms with Gasteiger partial charge in [0.2, 0.25) is 0 Å². The summed E-state index contributed by atoms with van der Waals surface area (Å²) in [5.41, 5.74) is 0.569. The zero-order valence-electron chi connectivity index (χ0n) is 12.5. The Morgan fingerprint density at radius 2 is 2.14 bits per heavy atom. The highest BCUT2D eigenvalue weighted by Crippen LogP contribution is 2.25. The molecule has 0 aliphatic carbocycles. The first-order chi connectivity index (χ1) is 10.9. The number of furan rings is 1. The van der Waals surface area contributed by atoms with Gasteiger partial charge in [-0.05, 0) is 50.2 Å². The smallest absolute Gasteiger partial charge is 0.143 e. The topological polar surface area (TPSA) is 65.1 Å². The molecule has 1 aliphatic rings. The Balaban J connectivity index is 1.74. The van der Waals surface area contributed by atoms with E-state index in [0.717, 1.165) is 18.8 Å². The van der Waals surface area contributed by atoms with Crippen molar-refractivity contribution >= 4 is 5.82 Å². The van der Waals surface area contributed by atoms with Crippen molar-refractivity contribution in [3.05, 3.63) is 48.0 Å². The minimum absolute atomic E-state index is 0.170. The maximum atomic E-state index is 9.16. The van der Waals surface area contributed by atoms with E-state index in [1.807, 2.05) is 12.1 Å². The molecule has 1 atom stereocenters. The number of nitrogens with zero attached hydrogens (tertiary/aromatic N) is 3. The normalized spacial score (nSPS) is 16.9. The van der Waals surface area contributed by atoms with Crippen molar-refractivity contribution in [1.29, 1.82) is 5.26 Å². The minimum atomic E-state index is 0.170. The van der Waals surface area contributed by atoms with Gasteiger partial charge < -0.3 is 9.73 Å². The quantitative estimate of drug-likeness (QED) is 0.918. The van der Waals surface area contributed by atoms with Crippen molar-refractivity contribution < 1.29 is 4.42 Å². The summed E-state index contributed by atoms with van der Waals surface area (Å²) < 4.78 is 5.63. The third-order valence-electron chi connectivity index (χ3n) is 4.09. The Labute approximate surface area is 130 Å². The third kappa shape index (κ3) is 3.29. The summed E-state index contributed by atoms with van der Waals surface area (Å²) in [4.78, 5) is 6.71. The lowest BCUT2D eigenvalue weighted by molar-refractivity contribution is 0.153. The average Bonchev–Trinajstić information content (AvgIpc) is 3.11. The fraction of sp³-hybridized carbons (Fsp3) is 0.412. The molecule has 5 heteroatoms. The molecule has 114 valence electrons. The summed E-state index contributed by atoms with van der Waals surface area (Å²) in [5, 5.41) is 12.5. The van der Waals surface area contributed by atoms with E-state index < -0.39 is 0 Å². The summed E-state index contributed by atoms with van der Waals surface area (Å²) in [5.74, 6) is 1.60. The molecular weight excluding hydrogens is 276 g/mol. The molecule has 1 fully saturated rings. The summed E-state index contributed by atoms with van der Waals surface area (Å²) in [6.07, 6.45) is 7.17. The second-order valence-electron chi connectivity index (χ2n) is 5.52. The summed E-state index contributed by atoms with van der Waals surface area (Å²) >= 11 is 0. The highest BCUT2D eigenvalue weighted by molar-refractivity contribution is 5.51. The van der Waals surface area contributed by atoms with E-state index in [1.54, 1.807) is 24.6 Å². The number of rotatable bonds is 5. The number of aromatic nitrogens is 1. The fourth-order valence-electron chi connectivity index (χ4n) is 2.95. The van der Waals surface area contributed by atoms with Crippen LogP contribution in [-0.4, -0.2) is 29.5 Å². The number of hydrogen-bond acceptors (Lipinski definition) is 5. The van der Waals surface area contributed by atoms with Crippen molar-refractivity contribution in [3.8, 4) is 6.07 Å². The number of piperidine rings is 1. The summed E-state index contributed by atoms with van der Waals surface area (Å²) in [6.45, 7) is 2.85. The number of likely N-dealkylation sites (tertiary alicyclic amines) is 1. The molecule has 5 nitrogen and oxygen atoms in total. The Kier molecular flexibility index (Phi) is 4.71. The van der Waals surface area contributed by atoms with Crippen LogP contribution >= 0.6 is 0 Å². The lowest BCUT2D eigenvalue weighted by atomic mass is 10.1. The lowest BCUT2D eigenvalue weighted by Crippen LogP contribution is -2.37. The van der Waals surface area contributed by atoms with Crippen LogP contribution in [0.2, 0.25) is 0 Å². The Bertz CT molecular complexity index is 626. The van der Waals surface area contributed by atoms with Crippen LogP contribution in [0.15, 0.2) is 41.1 Å². The second-order valence-corrected chi connectivity index (χ2v) is 5.52. The molecule has 1 N–H and O–H groups in total. The number of nitrogens with one attached hydrogen (secondary N) is 1. The van der Waals surface area contributed by atoms with Gasteiger partial charge in [-0.2, -0.15) is 5.26 Å². The van der Waals surface area contributed by atoms with Crippen molar-refractivity contribution in [2.75, 3.05) is 25.0 Å². The highest BCUT2D eigenvalue weighted by atomic mass is 16.3. The van der Waals surface area contributed by atoms with Crippen LogP contribution in [0, 0.1) is 11.3 Å². The SMILES string of the molecule is N#Cc1cccnc1NC[C@@H](c1ccco1)N1CCCCC1. The van der Waals surface area contributed by atoms with Crippen LogP contribution in [0.5, 0.6) is 0 Å². The summed E-state index contributed by atoms with van der Waals surface area (Å²) in [6, 6.07) is 9.84. The minimum Gasteiger partial charge on any atom is -0.468 e. The molecule has 0 radical (unpaired) electrons. The number of anilines is 1. The van der Waals surface area contributed by atoms with Crippen LogP contribution in [-0.2, 0) is 0 Å². The standard InChI is InChI=1S/C17H20N4O/c18-12-14-6-4-8-19-17(14)20-13-15(16-7-5-11-22-16)21-9-2-1-3-10-21/h4-8,11,15H,1-3,9-10,13H2,(H,19,20)/t15-/m0/s1. The van der Waals surface area contributed by atoms with Gasteiger partial charge in [-0.3, -0.25) is 4.90 Å². The van der Waals surface area contributed by atoms with Gasteiger partial charge in [0.05, 0.1) is 17.9 Å². The fourth-order valence-corrected chi connectivity index (χ4v) is 2.95. The van der Waals surface area contributed by atoms with Gasteiger partial charge in [-0.25, -0.2) is 4.98 Å². The van der Waals surface area contributed by atoms with Crippen LogP contribution < -0.4 is 5.32 Å². The van der Waals surface area contributed by atoms with E-state index in [4.69, 9.17) is 9.68 Å². The molecule has 0 bridgehead atoms. The Morgan fingerprint density at radius 1 is 1.27 bits per heavy atom. The monoisotopic (exact) mass is 296 g/mol. The Hall–Kier alpha value is -2.32. The van der Waals surface area contributed by atoms with Gasteiger partial charge in [-0.1, -0.05) is 6.42 Å². The highest BCUT2D eigenvalue weighted by Gasteiger charge is 2.24. The van der Waals surface area contributed by atoms with Crippen LogP contribution in [0.3, 0.4) is 0 Å². The molecule has 22 heavy (non-hydrogen) atoms. The first-order valence-electron chi connectivity index (χ1n) is 7.75. The van der Waals surface area contributed by atoms with Gasteiger partial charge >= 0.3 is 0 Å². The predicted molar refractivity (Wildman–Crippen MR) is 84.3 cm³/mol. The number of hydrogen-bond donors (Lipinski definition) is 1. The van der Waals surface area contributed by atoms with E-state index in [1.165, 1.54) is 19.3 Å². The molecule has 3 rings (SSSR count).